The van der Waals surface area contributed by atoms with E-state index in [1.807, 2.05) is 94.7 Å². The second kappa shape index (κ2) is 12.2. The van der Waals surface area contributed by atoms with Crippen LogP contribution in [0.5, 0.6) is 5.75 Å². The lowest BCUT2D eigenvalue weighted by molar-refractivity contribution is -0.114. The number of anilines is 2. The number of thioether (sulfide) groups is 1. The number of amides is 2. The molecule has 0 aliphatic carbocycles. The maximum Gasteiger partial charge on any atom is 0.265 e. The van der Waals surface area contributed by atoms with E-state index in [2.05, 4.69) is 30.0 Å². The van der Waals surface area contributed by atoms with Crippen LogP contribution in [0.4, 0.5) is 11.4 Å². The third-order valence-corrected chi connectivity index (χ3v) is 8.76. The van der Waals surface area contributed by atoms with Crippen molar-refractivity contribution in [3.8, 4) is 5.75 Å². The first-order chi connectivity index (χ1) is 20.5. The Bertz CT molecular complexity index is 1640. The predicted octanol–water partition coefficient (Wildman–Crippen LogP) is 6.65. The maximum atomic E-state index is 13.9. The van der Waals surface area contributed by atoms with E-state index in [1.54, 1.807) is 7.11 Å². The van der Waals surface area contributed by atoms with Crippen LogP contribution in [0.1, 0.15) is 27.0 Å². The average molecular weight is 576 g/mol. The van der Waals surface area contributed by atoms with Crippen LogP contribution in [0.15, 0.2) is 107 Å². The fraction of sp³-hybridized carbons (Fsp3) is 0.200. The molecular weight excluding hydrogens is 542 g/mol. The number of carbonyl (C=O) groups is 2. The lowest BCUT2D eigenvalue weighted by atomic mass is 10.1. The summed E-state index contributed by atoms with van der Waals surface area (Å²) in [5, 5.41) is 0. The van der Waals surface area contributed by atoms with E-state index in [0.717, 1.165) is 51.8 Å². The van der Waals surface area contributed by atoms with Gasteiger partial charge in [0.25, 0.3) is 11.8 Å². The number of carbonyl (C=O) groups excluding carboxylic acids is 2. The van der Waals surface area contributed by atoms with Crippen molar-refractivity contribution in [1.82, 2.24) is 4.90 Å². The minimum atomic E-state index is -0.0621. The quantitative estimate of drug-likeness (QED) is 0.241. The van der Waals surface area contributed by atoms with Crippen molar-refractivity contribution in [2.24, 2.45) is 0 Å². The molecule has 1 fully saturated rings. The Hall–Kier alpha value is -4.49. The highest BCUT2D eigenvalue weighted by Crippen LogP contribution is 2.43. The van der Waals surface area contributed by atoms with Gasteiger partial charge in [-0.25, -0.2) is 0 Å². The first-order valence-corrected chi connectivity index (χ1v) is 14.9. The Kier molecular flexibility index (Phi) is 8.02. The van der Waals surface area contributed by atoms with Crippen LogP contribution in [-0.2, 0) is 11.3 Å². The average Bonchev–Trinajstić information content (AvgIpc) is 3.03. The first-order valence-electron chi connectivity index (χ1n) is 14.1. The summed E-state index contributed by atoms with van der Waals surface area (Å²) in [6, 6.07) is 31.9. The van der Waals surface area contributed by atoms with Gasteiger partial charge in [0, 0.05) is 36.6 Å². The van der Waals surface area contributed by atoms with Crippen LogP contribution in [0, 0.1) is 6.92 Å². The van der Waals surface area contributed by atoms with E-state index in [-0.39, 0.29) is 11.8 Å². The third-order valence-electron chi connectivity index (χ3n) is 7.69. The summed E-state index contributed by atoms with van der Waals surface area (Å²) < 4.78 is 5.54. The van der Waals surface area contributed by atoms with Crippen molar-refractivity contribution in [2.75, 3.05) is 43.1 Å². The third kappa shape index (κ3) is 5.78. The fourth-order valence-corrected chi connectivity index (χ4v) is 6.56. The van der Waals surface area contributed by atoms with Gasteiger partial charge in [-0.1, -0.05) is 84.1 Å². The van der Waals surface area contributed by atoms with Crippen molar-refractivity contribution in [3.63, 3.8) is 0 Å². The van der Waals surface area contributed by atoms with Crippen molar-refractivity contribution in [2.45, 2.75) is 18.4 Å². The Morgan fingerprint density at radius 3 is 2.38 bits per heavy atom. The molecule has 212 valence electrons. The van der Waals surface area contributed by atoms with Gasteiger partial charge in [0.15, 0.2) is 0 Å². The van der Waals surface area contributed by atoms with Gasteiger partial charge < -0.3 is 19.4 Å². The Morgan fingerprint density at radius 2 is 1.62 bits per heavy atom. The van der Waals surface area contributed by atoms with Crippen LogP contribution in [-0.4, -0.2) is 50.0 Å². The molecule has 2 aliphatic heterocycles. The van der Waals surface area contributed by atoms with E-state index in [1.165, 1.54) is 11.8 Å². The molecule has 4 aromatic carbocycles. The monoisotopic (exact) mass is 575 g/mol. The normalized spacial score (nSPS) is 16.0. The molecule has 42 heavy (non-hydrogen) atoms. The summed E-state index contributed by atoms with van der Waals surface area (Å²) in [6.45, 7) is 5.14. The van der Waals surface area contributed by atoms with Crippen LogP contribution >= 0.6 is 11.8 Å². The Labute approximate surface area is 251 Å². The van der Waals surface area contributed by atoms with Crippen molar-refractivity contribution in [1.29, 1.82) is 0 Å². The summed E-state index contributed by atoms with van der Waals surface area (Å²) in [4.78, 5) is 35.2. The van der Waals surface area contributed by atoms with Crippen LogP contribution < -0.4 is 14.5 Å². The standard InChI is InChI=1S/C35H33N3O3S/c1-25-9-8-12-27(21-25)24-38-30-23-28(15-16-32(30)42-33(35(38)40)22-26-10-4-3-5-11-26)34(39)37-19-17-36(18-20-37)29-13-6-7-14-31(29)41-2/h3-16,21-23H,17-20,24H2,1-2H3/b33-22-. The molecule has 0 saturated carbocycles. The van der Waals surface area contributed by atoms with Gasteiger partial charge >= 0.3 is 0 Å². The van der Waals surface area contributed by atoms with Gasteiger partial charge in [0.2, 0.25) is 0 Å². The number of rotatable bonds is 6. The molecule has 6 nitrogen and oxygen atoms in total. The molecule has 1 saturated heterocycles. The number of aryl methyl sites for hydroxylation is 1. The number of hydrogen-bond acceptors (Lipinski definition) is 5. The summed E-state index contributed by atoms with van der Waals surface area (Å²) in [7, 11) is 1.68. The second-order valence-corrected chi connectivity index (χ2v) is 11.6. The van der Waals surface area contributed by atoms with Crippen LogP contribution in [0.3, 0.4) is 0 Å². The number of benzene rings is 4. The molecule has 0 radical (unpaired) electrons. The largest absolute Gasteiger partial charge is 0.495 e. The summed E-state index contributed by atoms with van der Waals surface area (Å²) in [5.41, 5.74) is 5.58. The molecule has 0 aromatic heterocycles. The summed E-state index contributed by atoms with van der Waals surface area (Å²) in [5.74, 6) is 0.757. The van der Waals surface area contributed by atoms with E-state index in [0.29, 0.717) is 30.1 Å². The Balaban J connectivity index is 1.27. The second-order valence-electron chi connectivity index (χ2n) is 10.5. The van der Waals surface area contributed by atoms with Gasteiger partial charge in [0.1, 0.15) is 5.75 Å². The van der Waals surface area contributed by atoms with Gasteiger partial charge in [-0.15, -0.1) is 0 Å². The number of para-hydroxylation sites is 2. The zero-order chi connectivity index (χ0) is 29.1. The van der Waals surface area contributed by atoms with E-state index in [4.69, 9.17) is 4.74 Å². The lowest BCUT2D eigenvalue weighted by Crippen LogP contribution is -2.49. The summed E-state index contributed by atoms with van der Waals surface area (Å²) >= 11 is 1.46. The van der Waals surface area contributed by atoms with Crippen LogP contribution in [0.25, 0.3) is 6.08 Å². The maximum absolute atomic E-state index is 13.9. The van der Waals surface area contributed by atoms with E-state index >= 15 is 0 Å². The van der Waals surface area contributed by atoms with Gasteiger partial charge in [-0.05, 0) is 54.5 Å². The number of fused-ring (bicyclic) bond motifs is 1. The number of ether oxygens (including phenoxy) is 1. The fourth-order valence-electron chi connectivity index (χ4n) is 5.52. The zero-order valence-corrected chi connectivity index (χ0v) is 24.6. The van der Waals surface area contributed by atoms with Gasteiger partial charge in [0.05, 0.1) is 29.9 Å². The van der Waals surface area contributed by atoms with Crippen molar-refractivity contribution >= 4 is 41.0 Å². The smallest absolute Gasteiger partial charge is 0.265 e. The summed E-state index contributed by atoms with van der Waals surface area (Å²) in [6.07, 6.45) is 1.94. The molecule has 2 amide bonds. The molecule has 0 spiro atoms. The van der Waals surface area contributed by atoms with Crippen molar-refractivity contribution in [3.05, 3.63) is 124 Å². The minimum absolute atomic E-state index is 0.0175. The first kappa shape index (κ1) is 27.7. The number of nitrogens with zero attached hydrogens (tertiary/aromatic N) is 3. The lowest BCUT2D eigenvalue weighted by Gasteiger charge is -2.37. The van der Waals surface area contributed by atoms with E-state index < -0.39 is 0 Å². The molecule has 2 aliphatic rings. The Morgan fingerprint density at radius 1 is 0.857 bits per heavy atom. The van der Waals surface area contributed by atoms with Crippen LogP contribution in [0.2, 0.25) is 0 Å². The molecule has 0 bridgehead atoms. The van der Waals surface area contributed by atoms with Crippen molar-refractivity contribution < 1.29 is 14.3 Å². The predicted molar refractivity (Wildman–Crippen MR) is 170 cm³/mol. The highest BCUT2D eigenvalue weighted by molar-refractivity contribution is 8.04. The van der Waals surface area contributed by atoms with Gasteiger partial charge in [-0.3, -0.25) is 9.59 Å². The molecule has 2 heterocycles. The molecule has 4 aromatic rings. The highest BCUT2D eigenvalue weighted by atomic mass is 32.2. The molecule has 0 atom stereocenters. The zero-order valence-electron chi connectivity index (χ0n) is 23.8. The molecular formula is C35H33N3O3S. The number of piperazine rings is 1. The molecule has 7 heteroatoms. The minimum Gasteiger partial charge on any atom is -0.495 e. The van der Waals surface area contributed by atoms with Gasteiger partial charge in [-0.2, -0.15) is 0 Å². The molecule has 6 rings (SSSR count). The SMILES string of the molecule is COc1ccccc1N1CCN(C(=O)c2ccc3c(c2)N(Cc2cccc(C)c2)C(=O)/C(=C/c2ccccc2)S3)CC1. The molecule has 0 unspecified atom stereocenters. The van der Waals surface area contributed by atoms with E-state index in [9.17, 15) is 9.59 Å². The number of hydrogen-bond donors (Lipinski definition) is 0. The number of methoxy groups -OCH3 is 1. The highest BCUT2D eigenvalue weighted by Gasteiger charge is 2.31. The topological polar surface area (TPSA) is 53.1 Å². The molecule has 0 N–H and O–H groups in total.